The number of nitriles is 2. The second kappa shape index (κ2) is 5.96. The minimum Gasteiger partial charge on any atom is -0.480 e. The molecule has 1 saturated heterocycles. The first kappa shape index (κ1) is 16.8. The molecule has 2 aromatic rings. The van der Waals surface area contributed by atoms with Crippen LogP contribution >= 0.6 is 0 Å². The monoisotopic (exact) mass is 359 g/mol. The molecule has 4 rings (SSSR count). The topological polar surface area (TPSA) is 88.1 Å². The standard InChI is InChI=1S/C21H14FN3O2/c22-15-6-3-5-14(10-15)18-19(20(26)27)25-16-7-2-1-4-13(16)8-9-17(25)21(18,11-23)12-24/h1-10,17-19H,(H,26,27)/t17-,18-,19+/m0/s1. The average molecular weight is 359 g/mol. The Bertz CT molecular complexity index is 1040. The molecule has 1 fully saturated rings. The molecule has 2 aromatic carbocycles. The molecule has 0 amide bonds. The summed E-state index contributed by atoms with van der Waals surface area (Å²) >= 11 is 0. The number of carboxylic acid groups (broad SMARTS) is 1. The summed E-state index contributed by atoms with van der Waals surface area (Å²) in [4.78, 5) is 13.9. The summed E-state index contributed by atoms with van der Waals surface area (Å²) in [5, 5.41) is 30.0. The number of halogens is 1. The summed E-state index contributed by atoms with van der Waals surface area (Å²) in [6, 6.07) is 14.9. The maximum absolute atomic E-state index is 13.9. The molecule has 0 unspecified atom stereocenters. The molecule has 2 aliphatic rings. The lowest BCUT2D eigenvalue weighted by Crippen LogP contribution is -2.44. The Balaban J connectivity index is 2.01. The minimum atomic E-state index is -1.67. The predicted octanol–water partition coefficient (Wildman–Crippen LogP) is 3.31. The van der Waals surface area contributed by atoms with Crippen molar-refractivity contribution in [3.05, 3.63) is 71.6 Å². The van der Waals surface area contributed by atoms with Crippen LogP contribution in [-0.2, 0) is 4.79 Å². The third kappa shape index (κ3) is 2.24. The molecule has 2 heterocycles. The van der Waals surface area contributed by atoms with Gasteiger partial charge in [-0.1, -0.05) is 42.5 Å². The Morgan fingerprint density at radius 3 is 2.56 bits per heavy atom. The summed E-state index contributed by atoms with van der Waals surface area (Å²) in [5.74, 6) is -2.71. The van der Waals surface area contributed by atoms with Crippen LogP contribution in [0.5, 0.6) is 0 Å². The lowest BCUT2D eigenvalue weighted by molar-refractivity contribution is -0.138. The molecule has 132 valence electrons. The molecule has 5 nitrogen and oxygen atoms in total. The summed E-state index contributed by atoms with van der Waals surface area (Å²) < 4.78 is 13.9. The molecule has 0 radical (unpaired) electrons. The molecule has 0 bridgehead atoms. The van der Waals surface area contributed by atoms with Gasteiger partial charge < -0.3 is 10.0 Å². The van der Waals surface area contributed by atoms with Crippen molar-refractivity contribution in [2.45, 2.75) is 18.0 Å². The van der Waals surface area contributed by atoms with Gasteiger partial charge in [0.2, 0.25) is 0 Å². The first-order chi connectivity index (χ1) is 13.0. The second-order valence-corrected chi connectivity index (χ2v) is 6.68. The van der Waals surface area contributed by atoms with Crippen LogP contribution in [0.2, 0.25) is 0 Å². The molecule has 0 spiro atoms. The van der Waals surface area contributed by atoms with Crippen molar-refractivity contribution in [2.24, 2.45) is 5.41 Å². The van der Waals surface area contributed by atoms with E-state index in [1.807, 2.05) is 12.1 Å². The highest BCUT2D eigenvalue weighted by Gasteiger charge is 2.63. The Morgan fingerprint density at radius 2 is 1.89 bits per heavy atom. The fraction of sp³-hybridized carbons (Fsp3) is 0.190. The average Bonchev–Trinajstić information content (AvgIpc) is 2.99. The van der Waals surface area contributed by atoms with Gasteiger partial charge in [0.05, 0.1) is 18.2 Å². The van der Waals surface area contributed by atoms with Crippen molar-refractivity contribution in [3.63, 3.8) is 0 Å². The number of benzene rings is 2. The smallest absolute Gasteiger partial charge is 0.327 e. The molecule has 0 aromatic heterocycles. The number of aliphatic carboxylic acids is 1. The fourth-order valence-electron chi connectivity index (χ4n) is 4.29. The normalized spacial score (nSPS) is 24.4. The van der Waals surface area contributed by atoms with Crippen LogP contribution < -0.4 is 4.90 Å². The number of anilines is 1. The molecule has 0 saturated carbocycles. The minimum absolute atomic E-state index is 0.325. The highest BCUT2D eigenvalue weighted by atomic mass is 19.1. The van der Waals surface area contributed by atoms with Crippen LogP contribution in [0, 0.1) is 33.9 Å². The van der Waals surface area contributed by atoms with Crippen LogP contribution in [-0.4, -0.2) is 23.2 Å². The summed E-state index contributed by atoms with van der Waals surface area (Å²) in [6.45, 7) is 0. The number of rotatable bonds is 2. The Labute approximate surface area is 155 Å². The van der Waals surface area contributed by atoms with Gasteiger partial charge in [0, 0.05) is 11.6 Å². The lowest BCUT2D eigenvalue weighted by atomic mass is 9.70. The van der Waals surface area contributed by atoms with Gasteiger partial charge in [-0.15, -0.1) is 0 Å². The maximum Gasteiger partial charge on any atom is 0.327 e. The van der Waals surface area contributed by atoms with Gasteiger partial charge >= 0.3 is 5.97 Å². The highest BCUT2D eigenvalue weighted by molar-refractivity contribution is 5.87. The molecule has 3 atom stereocenters. The van der Waals surface area contributed by atoms with Crippen molar-refractivity contribution >= 4 is 17.7 Å². The molecular formula is C21H14FN3O2. The largest absolute Gasteiger partial charge is 0.480 e. The van der Waals surface area contributed by atoms with Crippen LogP contribution in [0.25, 0.3) is 6.08 Å². The van der Waals surface area contributed by atoms with E-state index >= 15 is 0 Å². The SMILES string of the molecule is N#CC1(C#N)[C@@H]2C=Cc3ccccc3N2[C@@H](C(=O)O)[C@@H]1c1cccc(F)c1. The summed E-state index contributed by atoms with van der Waals surface area (Å²) in [5.41, 5.74) is 0.113. The first-order valence-electron chi connectivity index (χ1n) is 8.40. The van der Waals surface area contributed by atoms with Crippen molar-refractivity contribution < 1.29 is 14.3 Å². The van der Waals surface area contributed by atoms with E-state index in [4.69, 9.17) is 0 Å². The number of para-hydroxylation sites is 1. The quantitative estimate of drug-likeness (QED) is 0.889. The van der Waals surface area contributed by atoms with Crippen molar-refractivity contribution in [1.82, 2.24) is 0 Å². The van der Waals surface area contributed by atoms with Gasteiger partial charge in [0.1, 0.15) is 11.9 Å². The van der Waals surface area contributed by atoms with Crippen molar-refractivity contribution in [3.8, 4) is 12.1 Å². The zero-order valence-electron chi connectivity index (χ0n) is 14.1. The van der Waals surface area contributed by atoms with Crippen molar-refractivity contribution in [2.75, 3.05) is 4.90 Å². The van der Waals surface area contributed by atoms with Crippen molar-refractivity contribution in [1.29, 1.82) is 10.5 Å². The third-order valence-corrected chi connectivity index (χ3v) is 5.38. The van der Waals surface area contributed by atoms with E-state index in [9.17, 15) is 24.8 Å². The zero-order valence-corrected chi connectivity index (χ0v) is 14.1. The second-order valence-electron chi connectivity index (χ2n) is 6.68. The van der Waals surface area contributed by atoms with Crippen LogP contribution in [0.15, 0.2) is 54.6 Å². The van der Waals surface area contributed by atoms with Gasteiger partial charge in [0.15, 0.2) is 5.41 Å². The van der Waals surface area contributed by atoms with Crippen LogP contribution in [0.3, 0.4) is 0 Å². The number of nitrogens with zero attached hydrogens (tertiary/aromatic N) is 3. The first-order valence-corrected chi connectivity index (χ1v) is 8.40. The summed E-state index contributed by atoms with van der Waals surface area (Å²) in [7, 11) is 0. The van der Waals surface area contributed by atoms with Gasteiger partial charge in [-0.05, 0) is 29.3 Å². The Morgan fingerprint density at radius 1 is 1.15 bits per heavy atom. The Kier molecular flexibility index (Phi) is 3.71. The zero-order chi connectivity index (χ0) is 19.2. The van der Waals surface area contributed by atoms with E-state index in [2.05, 4.69) is 12.1 Å². The number of carboxylic acids is 1. The predicted molar refractivity (Wildman–Crippen MR) is 96.0 cm³/mol. The number of carbonyl (C=O) groups is 1. The Hall–Kier alpha value is -3.64. The summed E-state index contributed by atoms with van der Waals surface area (Å²) in [6.07, 6.45) is 3.50. The molecule has 27 heavy (non-hydrogen) atoms. The van der Waals surface area contributed by atoms with E-state index in [0.717, 1.165) is 5.56 Å². The number of hydrogen-bond donors (Lipinski definition) is 1. The molecular weight excluding hydrogens is 345 g/mol. The van der Waals surface area contributed by atoms with E-state index in [1.165, 1.54) is 18.2 Å². The number of fused-ring (bicyclic) bond motifs is 3. The van der Waals surface area contributed by atoms with Crippen LogP contribution in [0.1, 0.15) is 17.0 Å². The van der Waals surface area contributed by atoms with E-state index in [0.29, 0.717) is 11.3 Å². The molecule has 1 N–H and O–H groups in total. The fourth-order valence-corrected chi connectivity index (χ4v) is 4.29. The van der Waals surface area contributed by atoms with E-state index in [-0.39, 0.29) is 0 Å². The van der Waals surface area contributed by atoms with Crippen LogP contribution in [0.4, 0.5) is 10.1 Å². The third-order valence-electron chi connectivity index (χ3n) is 5.38. The van der Waals surface area contributed by atoms with E-state index in [1.54, 1.807) is 35.3 Å². The van der Waals surface area contributed by atoms with Gasteiger partial charge in [0.25, 0.3) is 0 Å². The highest BCUT2D eigenvalue weighted by Crippen LogP contribution is 2.54. The van der Waals surface area contributed by atoms with Gasteiger partial charge in [-0.25, -0.2) is 9.18 Å². The van der Waals surface area contributed by atoms with E-state index < -0.39 is 35.2 Å². The molecule has 0 aliphatic carbocycles. The molecule has 6 heteroatoms. The lowest BCUT2D eigenvalue weighted by Gasteiger charge is -2.34. The molecule has 2 aliphatic heterocycles. The maximum atomic E-state index is 13.9. The number of hydrogen-bond acceptors (Lipinski definition) is 4. The van der Waals surface area contributed by atoms with Gasteiger partial charge in [-0.2, -0.15) is 10.5 Å². The van der Waals surface area contributed by atoms with Gasteiger partial charge in [-0.3, -0.25) is 0 Å².